The fourth-order valence-corrected chi connectivity index (χ4v) is 1.88. The molecule has 0 spiro atoms. The maximum atomic E-state index is 12.0. The number of carbonyl (C=O) groups excluding carboxylic acids is 1. The fourth-order valence-electron chi connectivity index (χ4n) is 1.64. The largest absolute Gasteiger partial charge is 0.349 e. The van der Waals surface area contributed by atoms with Gasteiger partial charge in [0.2, 0.25) is 0 Å². The van der Waals surface area contributed by atoms with Gasteiger partial charge in [-0.15, -0.1) is 0 Å². The average molecular weight is 271 g/mol. The minimum Gasteiger partial charge on any atom is -0.349 e. The molecule has 18 heavy (non-hydrogen) atoms. The van der Waals surface area contributed by atoms with E-state index >= 15 is 0 Å². The molecule has 0 saturated heterocycles. The van der Waals surface area contributed by atoms with Crippen LogP contribution >= 0.6 is 11.6 Å². The van der Waals surface area contributed by atoms with Gasteiger partial charge in [0.05, 0.1) is 4.92 Å². The number of hydrogen-bond donors (Lipinski definition) is 1. The molecular formula is C12H15ClN2O3. The Morgan fingerprint density at radius 3 is 2.56 bits per heavy atom. The first-order valence-electron chi connectivity index (χ1n) is 5.75. The van der Waals surface area contributed by atoms with Gasteiger partial charge in [-0.2, -0.15) is 0 Å². The number of nitrogens with one attached hydrogen (secondary N) is 1. The van der Waals surface area contributed by atoms with Crippen LogP contribution in [0.4, 0.5) is 5.69 Å². The van der Waals surface area contributed by atoms with Gasteiger partial charge in [0.15, 0.2) is 0 Å². The van der Waals surface area contributed by atoms with Crippen molar-refractivity contribution in [1.82, 2.24) is 5.32 Å². The number of nitro groups is 1. The minimum atomic E-state index is -0.635. The van der Waals surface area contributed by atoms with Gasteiger partial charge in [-0.1, -0.05) is 31.5 Å². The summed E-state index contributed by atoms with van der Waals surface area (Å²) >= 11 is 5.75. The number of para-hydroxylation sites is 1. The summed E-state index contributed by atoms with van der Waals surface area (Å²) in [5.41, 5.74) is -0.345. The third-order valence-electron chi connectivity index (χ3n) is 2.73. The Balaban J connectivity index is 3.06. The lowest BCUT2D eigenvalue weighted by molar-refractivity contribution is -0.385. The van der Waals surface area contributed by atoms with Crippen LogP contribution in [-0.2, 0) is 0 Å². The Morgan fingerprint density at radius 2 is 2.06 bits per heavy atom. The van der Waals surface area contributed by atoms with Crippen LogP contribution in [0, 0.1) is 10.1 Å². The summed E-state index contributed by atoms with van der Waals surface area (Å²) in [5, 5.41) is 13.6. The second kappa shape index (κ2) is 6.35. The normalized spacial score (nSPS) is 10.4. The molecule has 5 nitrogen and oxygen atoms in total. The maximum Gasteiger partial charge on any atom is 0.300 e. The highest BCUT2D eigenvalue weighted by Gasteiger charge is 2.24. The highest BCUT2D eigenvalue weighted by atomic mass is 35.5. The Hall–Kier alpha value is -1.62. The Kier molecular flexibility index (Phi) is 5.09. The van der Waals surface area contributed by atoms with Crippen molar-refractivity contribution in [3.8, 4) is 0 Å². The lowest BCUT2D eigenvalue weighted by Gasteiger charge is -2.14. The van der Waals surface area contributed by atoms with E-state index in [1.165, 1.54) is 18.2 Å². The molecule has 1 rings (SSSR count). The van der Waals surface area contributed by atoms with Crippen LogP contribution in [0.2, 0.25) is 5.02 Å². The Morgan fingerprint density at radius 1 is 1.44 bits per heavy atom. The van der Waals surface area contributed by atoms with E-state index in [9.17, 15) is 14.9 Å². The van der Waals surface area contributed by atoms with E-state index in [2.05, 4.69) is 5.32 Å². The summed E-state index contributed by atoms with van der Waals surface area (Å²) in [4.78, 5) is 22.3. The second-order valence-electron chi connectivity index (χ2n) is 3.88. The summed E-state index contributed by atoms with van der Waals surface area (Å²) in [5.74, 6) is -0.460. The lowest BCUT2D eigenvalue weighted by atomic mass is 10.1. The summed E-state index contributed by atoms with van der Waals surface area (Å²) in [7, 11) is 0. The zero-order chi connectivity index (χ0) is 13.7. The molecule has 98 valence electrons. The summed E-state index contributed by atoms with van der Waals surface area (Å²) in [6.07, 6.45) is 1.55. The summed E-state index contributed by atoms with van der Waals surface area (Å²) in [6, 6.07) is 4.34. The van der Waals surface area contributed by atoms with Crippen molar-refractivity contribution in [2.24, 2.45) is 0 Å². The molecule has 1 amide bonds. The number of halogens is 1. The molecule has 0 fully saturated rings. The number of amides is 1. The van der Waals surface area contributed by atoms with Gasteiger partial charge in [0, 0.05) is 6.04 Å². The molecule has 6 heteroatoms. The first-order valence-corrected chi connectivity index (χ1v) is 6.12. The monoisotopic (exact) mass is 270 g/mol. The van der Waals surface area contributed by atoms with Gasteiger partial charge in [0.25, 0.3) is 5.91 Å². The molecule has 0 aliphatic heterocycles. The van der Waals surface area contributed by atoms with Crippen LogP contribution in [0.15, 0.2) is 18.2 Å². The number of nitro benzene ring substituents is 1. The van der Waals surface area contributed by atoms with Crippen molar-refractivity contribution in [2.45, 2.75) is 32.7 Å². The van der Waals surface area contributed by atoms with Crippen LogP contribution in [0.5, 0.6) is 0 Å². The van der Waals surface area contributed by atoms with Gasteiger partial charge in [-0.25, -0.2) is 0 Å². The molecule has 0 atom stereocenters. The molecule has 0 aromatic heterocycles. The van der Waals surface area contributed by atoms with Gasteiger partial charge < -0.3 is 5.32 Å². The third-order valence-corrected chi connectivity index (χ3v) is 3.04. The molecule has 0 heterocycles. The van der Waals surface area contributed by atoms with E-state index in [1.807, 2.05) is 13.8 Å². The standard InChI is InChI=1S/C12H15ClN2O3/c1-3-8(4-2)14-12(16)9-6-5-7-10(13)11(9)15(17)18/h5-8H,3-4H2,1-2H3,(H,14,16). The summed E-state index contributed by atoms with van der Waals surface area (Å²) in [6.45, 7) is 3.89. The van der Waals surface area contributed by atoms with Gasteiger partial charge >= 0.3 is 5.69 Å². The minimum absolute atomic E-state index is 0.000556. The van der Waals surface area contributed by atoms with E-state index in [-0.39, 0.29) is 22.3 Å². The molecule has 0 radical (unpaired) electrons. The molecule has 0 aliphatic carbocycles. The SMILES string of the molecule is CCC(CC)NC(=O)c1cccc(Cl)c1[N+](=O)[O-]. The quantitative estimate of drug-likeness (QED) is 0.660. The molecule has 0 aliphatic rings. The highest BCUT2D eigenvalue weighted by molar-refractivity contribution is 6.33. The summed E-state index contributed by atoms with van der Waals surface area (Å²) < 4.78 is 0. The van der Waals surface area contributed by atoms with Crippen LogP contribution in [0.25, 0.3) is 0 Å². The Bertz CT molecular complexity index is 459. The van der Waals surface area contributed by atoms with Crippen LogP contribution in [0.3, 0.4) is 0 Å². The molecular weight excluding hydrogens is 256 g/mol. The van der Waals surface area contributed by atoms with E-state index in [4.69, 9.17) is 11.6 Å². The van der Waals surface area contributed by atoms with Gasteiger partial charge in [0.1, 0.15) is 10.6 Å². The average Bonchev–Trinajstić information content (AvgIpc) is 2.34. The zero-order valence-corrected chi connectivity index (χ0v) is 11.0. The van der Waals surface area contributed by atoms with Crippen LogP contribution in [-0.4, -0.2) is 16.9 Å². The van der Waals surface area contributed by atoms with E-state index in [1.54, 1.807) is 0 Å². The number of benzene rings is 1. The molecule has 1 aromatic carbocycles. The van der Waals surface area contributed by atoms with Crippen molar-refractivity contribution >= 4 is 23.2 Å². The number of nitrogens with zero attached hydrogens (tertiary/aromatic N) is 1. The topological polar surface area (TPSA) is 72.2 Å². The first-order chi connectivity index (χ1) is 8.51. The fraction of sp³-hybridized carbons (Fsp3) is 0.417. The third kappa shape index (κ3) is 3.20. The van der Waals surface area contributed by atoms with Gasteiger partial charge in [-0.3, -0.25) is 14.9 Å². The number of rotatable bonds is 5. The van der Waals surface area contributed by atoms with Crippen molar-refractivity contribution in [2.75, 3.05) is 0 Å². The highest BCUT2D eigenvalue weighted by Crippen LogP contribution is 2.28. The number of carbonyl (C=O) groups is 1. The smallest absolute Gasteiger partial charge is 0.300 e. The van der Waals surface area contributed by atoms with Crippen LogP contribution in [0.1, 0.15) is 37.0 Å². The van der Waals surface area contributed by atoms with Gasteiger partial charge in [-0.05, 0) is 25.0 Å². The predicted octanol–water partition coefficient (Wildman–Crippen LogP) is 3.17. The molecule has 0 unspecified atom stereocenters. The van der Waals surface area contributed by atoms with E-state index in [0.717, 1.165) is 12.8 Å². The molecule has 1 N–H and O–H groups in total. The zero-order valence-electron chi connectivity index (χ0n) is 10.3. The lowest BCUT2D eigenvalue weighted by Crippen LogP contribution is -2.34. The molecule has 0 saturated carbocycles. The Labute approximate surface area is 110 Å². The second-order valence-corrected chi connectivity index (χ2v) is 4.29. The van der Waals surface area contributed by atoms with E-state index in [0.29, 0.717) is 0 Å². The van der Waals surface area contributed by atoms with Crippen molar-refractivity contribution in [1.29, 1.82) is 0 Å². The van der Waals surface area contributed by atoms with Crippen LogP contribution < -0.4 is 5.32 Å². The van der Waals surface area contributed by atoms with Crippen molar-refractivity contribution in [3.05, 3.63) is 38.9 Å². The van der Waals surface area contributed by atoms with E-state index < -0.39 is 10.8 Å². The number of hydrogen-bond acceptors (Lipinski definition) is 3. The first kappa shape index (κ1) is 14.4. The molecule has 1 aromatic rings. The molecule has 0 bridgehead atoms. The van der Waals surface area contributed by atoms with Crippen molar-refractivity contribution in [3.63, 3.8) is 0 Å². The maximum absolute atomic E-state index is 12.0. The van der Waals surface area contributed by atoms with Crippen molar-refractivity contribution < 1.29 is 9.72 Å². The predicted molar refractivity (Wildman–Crippen MR) is 69.9 cm³/mol.